The fraction of sp³-hybridized carbons (Fsp3) is 0. The third kappa shape index (κ3) is 1.61. The normalized spacial score (nSPS) is 10.6. The van der Waals surface area contributed by atoms with Gasteiger partial charge in [-0.15, -0.1) is 0 Å². The summed E-state index contributed by atoms with van der Waals surface area (Å²) in [6, 6.07) is 3.47. The molecule has 0 radical (unpaired) electrons. The molecular weight excluding hydrogens is 281 g/mol. The van der Waals surface area contributed by atoms with E-state index in [1.54, 1.807) is 0 Å². The summed E-state index contributed by atoms with van der Waals surface area (Å²) in [5.41, 5.74) is -0.994. The number of aromatic amines is 1. The van der Waals surface area contributed by atoms with Gasteiger partial charge < -0.3 is 10.1 Å². The SMILES string of the molecule is O=C(O)c1cc(=O)c2c(Br)ccc(F)c2[nH]1. The van der Waals surface area contributed by atoms with Crippen molar-refractivity contribution in [1.82, 2.24) is 4.98 Å². The molecule has 0 saturated carbocycles. The number of hydrogen-bond donors (Lipinski definition) is 2. The first kappa shape index (κ1) is 10.8. The smallest absolute Gasteiger partial charge is 0.352 e. The monoisotopic (exact) mass is 285 g/mol. The van der Waals surface area contributed by atoms with E-state index >= 15 is 0 Å². The van der Waals surface area contributed by atoms with Crippen LogP contribution in [0.3, 0.4) is 0 Å². The zero-order valence-electron chi connectivity index (χ0n) is 7.75. The summed E-state index contributed by atoms with van der Waals surface area (Å²) in [6.07, 6.45) is 0. The van der Waals surface area contributed by atoms with Gasteiger partial charge in [0.2, 0.25) is 0 Å². The number of aromatic nitrogens is 1. The van der Waals surface area contributed by atoms with Gasteiger partial charge in [0, 0.05) is 10.5 Å². The van der Waals surface area contributed by atoms with Gasteiger partial charge in [-0.05, 0) is 28.1 Å². The van der Waals surface area contributed by atoms with E-state index in [1.807, 2.05) is 0 Å². The molecule has 1 heterocycles. The van der Waals surface area contributed by atoms with Crippen molar-refractivity contribution in [3.63, 3.8) is 0 Å². The minimum absolute atomic E-state index is 0.102. The van der Waals surface area contributed by atoms with Crippen LogP contribution < -0.4 is 5.43 Å². The molecule has 0 spiro atoms. The molecule has 6 heteroatoms. The standard InChI is InChI=1S/C10H5BrFNO3/c11-4-1-2-5(12)9-8(4)7(14)3-6(13-9)10(15)16/h1-3H,(H,13,14)(H,15,16). The average Bonchev–Trinajstić information content (AvgIpc) is 2.22. The second-order valence-corrected chi connectivity index (χ2v) is 3.99. The van der Waals surface area contributed by atoms with E-state index in [2.05, 4.69) is 20.9 Å². The Kier molecular flexibility index (Phi) is 2.51. The van der Waals surface area contributed by atoms with Gasteiger partial charge in [-0.1, -0.05) is 0 Å². The van der Waals surface area contributed by atoms with Gasteiger partial charge >= 0.3 is 5.97 Å². The molecule has 2 rings (SSSR count). The first-order chi connectivity index (χ1) is 7.50. The van der Waals surface area contributed by atoms with Gasteiger partial charge in [0.05, 0.1) is 10.9 Å². The topological polar surface area (TPSA) is 70.2 Å². The second kappa shape index (κ2) is 3.71. The summed E-state index contributed by atoms with van der Waals surface area (Å²) in [4.78, 5) is 24.7. The molecule has 16 heavy (non-hydrogen) atoms. The molecule has 0 atom stereocenters. The van der Waals surface area contributed by atoms with Crippen LogP contribution in [0.5, 0.6) is 0 Å². The summed E-state index contributed by atoms with van der Waals surface area (Å²) < 4.78 is 13.8. The number of carbonyl (C=O) groups is 1. The van der Waals surface area contributed by atoms with E-state index in [4.69, 9.17) is 5.11 Å². The fourth-order valence-electron chi connectivity index (χ4n) is 1.40. The molecule has 2 aromatic rings. The van der Waals surface area contributed by atoms with E-state index in [0.29, 0.717) is 4.47 Å². The molecule has 0 amide bonds. The number of carboxylic acids is 1. The van der Waals surface area contributed by atoms with E-state index in [0.717, 1.165) is 12.1 Å². The van der Waals surface area contributed by atoms with Crippen LogP contribution in [0.4, 0.5) is 4.39 Å². The van der Waals surface area contributed by atoms with Crippen molar-refractivity contribution in [2.24, 2.45) is 0 Å². The highest BCUT2D eigenvalue weighted by Crippen LogP contribution is 2.22. The zero-order valence-corrected chi connectivity index (χ0v) is 9.34. The Hall–Kier alpha value is -1.69. The van der Waals surface area contributed by atoms with Crippen molar-refractivity contribution in [2.75, 3.05) is 0 Å². The van der Waals surface area contributed by atoms with Crippen LogP contribution in [0.25, 0.3) is 10.9 Å². The highest BCUT2D eigenvalue weighted by Gasteiger charge is 2.12. The maximum absolute atomic E-state index is 13.4. The number of fused-ring (bicyclic) bond motifs is 1. The highest BCUT2D eigenvalue weighted by atomic mass is 79.9. The van der Waals surface area contributed by atoms with Gasteiger partial charge in [0.1, 0.15) is 11.5 Å². The number of aromatic carboxylic acids is 1. The molecule has 0 aliphatic heterocycles. The van der Waals surface area contributed by atoms with E-state index in [9.17, 15) is 14.0 Å². The van der Waals surface area contributed by atoms with Crippen LogP contribution in [-0.4, -0.2) is 16.1 Å². The summed E-state index contributed by atoms with van der Waals surface area (Å²) in [5.74, 6) is -1.98. The Balaban J connectivity index is 2.98. The van der Waals surface area contributed by atoms with E-state index in [1.165, 1.54) is 6.07 Å². The number of rotatable bonds is 1. The van der Waals surface area contributed by atoms with Gasteiger partial charge in [-0.3, -0.25) is 4.79 Å². The predicted octanol–water partition coefficient (Wildman–Crippen LogP) is 2.13. The highest BCUT2D eigenvalue weighted by molar-refractivity contribution is 9.10. The number of H-pyrrole nitrogens is 1. The van der Waals surface area contributed by atoms with E-state index in [-0.39, 0.29) is 16.6 Å². The van der Waals surface area contributed by atoms with Crippen LogP contribution in [0.1, 0.15) is 10.5 Å². The minimum atomic E-state index is -1.31. The maximum Gasteiger partial charge on any atom is 0.352 e. The number of halogens is 2. The summed E-state index contributed by atoms with van der Waals surface area (Å²) in [6.45, 7) is 0. The van der Waals surface area contributed by atoms with Crippen molar-refractivity contribution in [1.29, 1.82) is 0 Å². The van der Waals surface area contributed by atoms with Gasteiger partial charge in [-0.25, -0.2) is 9.18 Å². The zero-order chi connectivity index (χ0) is 11.9. The summed E-state index contributed by atoms with van der Waals surface area (Å²) in [5, 5.41) is 8.83. The fourth-order valence-corrected chi connectivity index (χ4v) is 1.93. The lowest BCUT2D eigenvalue weighted by molar-refractivity contribution is 0.0691. The van der Waals surface area contributed by atoms with E-state index < -0.39 is 17.2 Å². The average molecular weight is 286 g/mol. The van der Waals surface area contributed by atoms with Crippen LogP contribution in [0, 0.1) is 5.82 Å². The number of hydrogen-bond acceptors (Lipinski definition) is 2. The molecule has 1 aromatic heterocycles. The van der Waals surface area contributed by atoms with Crippen LogP contribution in [0.15, 0.2) is 27.5 Å². The first-order valence-corrected chi connectivity index (χ1v) is 5.04. The summed E-state index contributed by atoms with van der Waals surface area (Å²) >= 11 is 3.11. The molecule has 0 fully saturated rings. The van der Waals surface area contributed by atoms with Crippen molar-refractivity contribution in [3.05, 3.63) is 44.4 Å². The lowest BCUT2D eigenvalue weighted by Gasteiger charge is -2.03. The third-order valence-corrected chi connectivity index (χ3v) is 2.78. The molecule has 0 unspecified atom stereocenters. The Morgan fingerprint density at radius 1 is 1.44 bits per heavy atom. The molecule has 2 N–H and O–H groups in total. The van der Waals surface area contributed by atoms with Crippen molar-refractivity contribution >= 4 is 32.8 Å². The van der Waals surface area contributed by atoms with Gasteiger partial charge in [-0.2, -0.15) is 0 Å². The Morgan fingerprint density at radius 3 is 2.75 bits per heavy atom. The molecule has 0 bridgehead atoms. The lowest BCUT2D eigenvalue weighted by atomic mass is 10.2. The predicted molar refractivity (Wildman–Crippen MR) is 59.2 cm³/mol. The largest absolute Gasteiger partial charge is 0.477 e. The van der Waals surface area contributed by atoms with Gasteiger partial charge in [0.25, 0.3) is 0 Å². The lowest BCUT2D eigenvalue weighted by Crippen LogP contribution is -2.10. The quantitative estimate of drug-likeness (QED) is 0.843. The van der Waals surface area contributed by atoms with Crippen LogP contribution >= 0.6 is 15.9 Å². The molecule has 82 valence electrons. The Morgan fingerprint density at radius 2 is 2.12 bits per heavy atom. The summed E-state index contributed by atoms with van der Waals surface area (Å²) in [7, 11) is 0. The number of carboxylic acid groups (broad SMARTS) is 1. The molecule has 0 aliphatic rings. The Bertz CT molecular complexity index is 650. The molecule has 0 saturated heterocycles. The van der Waals surface area contributed by atoms with Crippen molar-refractivity contribution < 1.29 is 14.3 Å². The minimum Gasteiger partial charge on any atom is -0.477 e. The van der Waals surface area contributed by atoms with Crippen LogP contribution in [-0.2, 0) is 0 Å². The van der Waals surface area contributed by atoms with Gasteiger partial charge in [0.15, 0.2) is 5.43 Å². The maximum atomic E-state index is 13.4. The molecule has 1 aromatic carbocycles. The third-order valence-electron chi connectivity index (χ3n) is 2.12. The second-order valence-electron chi connectivity index (χ2n) is 3.13. The molecular formula is C10H5BrFNO3. The van der Waals surface area contributed by atoms with Crippen molar-refractivity contribution in [2.45, 2.75) is 0 Å². The first-order valence-electron chi connectivity index (χ1n) is 4.25. The van der Waals surface area contributed by atoms with Crippen molar-refractivity contribution in [3.8, 4) is 0 Å². The number of benzene rings is 1. The molecule has 0 aliphatic carbocycles. The molecule has 4 nitrogen and oxygen atoms in total. The van der Waals surface area contributed by atoms with Crippen LogP contribution in [0.2, 0.25) is 0 Å². The Labute approximate surface area is 96.8 Å². The number of nitrogens with one attached hydrogen (secondary N) is 1. The number of pyridine rings is 1.